The Kier molecular flexibility index (Phi) is 4.16. The van der Waals surface area contributed by atoms with Crippen molar-refractivity contribution in [3.63, 3.8) is 0 Å². The Hall–Kier alpha value is -7.11. The Morgan fingerprint density at radius 2 is 1.13 bits per heavy atom. The van der Waals surface area contributed by atoms with Gasteiger partial charge in [-0.15, -0.1) is 0 Å². The van der Waals surface area contributed by atoms with Crippen molar-refractivity contribution >= 4 is 65.4 Å². The number of rotatable bonds is 4. The van der Waals surface area contributed by atoms with E-state index in [1.54, 1.807) is 0 Å². The first-order valence-electron chi connectivity index (χ1n) is 22.4. The number of aromatic nitrogens is 3. The molecule has 0 aliphatic carbocycles. The number of benzene rings is 8. The highest BCUT2D eigenvalue weighted by Crippen LogP contribution is 2.41. The van der Waals surface area contributed by atoms with Gasteiger partial charge in [0.25, 0.3) is 0 Å². The van der Waals surface area contributed by atoms with Crippen LogP contribution in [-0.4, -0.2) is 15.0 Å². The van der Waals surface area contributed by atoms with Crippen molar-refractivity contribution in [2.75, 3.05) is 0 Å². The van der Waals surface area contributed by atoms with Crippen molar-refractivity contribution in [1.29, 1.82) is 0 Å². The van der Waals surface area contributed by atoms with Crippen LogP contribution in [-0.2, 0) is 0 Å². The van der Waals surface area contributed by atoms with Gasteiger partial charge in [0, 0.05) is 43.6 Å². The molecular weight excluding hydrogens is 639 g/mol. The average molecular weight is 678 g/mol. The normalized spacial score (nSPS) is 15.1. The summed E-state index contributed by atoms with van der Waals surface area (Å²) in [5.41, 5.74) is 1.44. The molecule has 0 spiro atoms. The number of furan rings is 2. The first kappa shape index (κ1) is 19.3. The molecule has 5 nitrogen and oxygen atoms in total. The van der Waals surface area contributed by atoms with Crippen LogP contribution in [0, 0.1) is 0 Å². The zero-order valence-corrected chi connectivity index (χ0v) is 26.8. The van der Waals surface area contributed by atoms with Crippen LogP contribution >= 0.6 is 0 Å². The lowest BCUT2D eigenvalue weighted by molar-refractivity contribution is 0.669. The third-order valence-electron chi connectivity index (χ3n) is 9.26. The van der Waals surface area contributed by atoms with Crippen molar-refractivity contribution < 1.29 is 25.3 Å². The fourth-order valence-electron chi connectivity index (χ4n) is 6.87. The third kappa shape index (κ3) is 4.46. The number of fused-ring (bicyclic) bond motifs is 9. The predicted octanol–water partition coefficient (Wildman–Crippen LogP) is 12.6. The van der Waals surface area contributed by atoms with Crippen LogP contribution in [0.5, 0.6) is 0 Å². The van der Waals surface area contributed by atoms with Gasteiger partial charge in [0.05, 0.1) is 16.4 Å². The monoisotopic (exact) mass is 677 g/mol. The maximum Gasteiger partial charge on any atom is 0.164 e. The molecule has 0 saturated heterocycles. The van der Waals surface area contributed by atoms with Gasteiger partial charge < -0.3 is 8.83 Å². The van der Waals surface area contributed by atoms with Gasteiger partial charge in [0.2, 0.25) is 0 Å². The summed E-state index contributed by atoms with van der Waals surface area (Å²) < 4.78 is 119. The minimum Gasteiger partial charge on any atom is -0.456 e. The molecule has 3 heterocycles. The first-order chi connectivity index (χ1) is 30.7. The molecule has 5 heteroatoms. The fourth-order valence-corrected chi connectivity index (χ4v) is 6.87. The van der Waals surface area contributed by atoms with E-state index in [-0.39, 0.29) is 66.9 Å². The predicted molar refractivity (Wildman–Crippen MR) is 211 cm³/mol. The van der Waals surface area contributed by atoms with Gasteiger partial charge in [-0.3, -0.25) is 0 Å². The van der Waals surface area contributed by atoms with Crippen LogP contribution in [0.1, 0.15) is 16.4 Å². The highest BCUT2D eigenvalue weighted by atomic mass is 16.3. The van der Waals surface area contributed by atoms with E-state index in [0.717, 1.165) is 21.5 Å². The van der Waals surface area contributed by atoms with Crippen molar-refractivity contribution in [3.05, 3.63) is 164 Å². The Morgan fingerprint density at radius 1 is 0.404 bits per heavy atom. The molecule has 0 bridgehead atoms. The summed E-state index contributed by atoms with van der Waals surface area (Å²) in [6, 6.07) is 21.0. The summed E-state index contributed by atoms with van der Waals surface area (Å²) >= 11 is 0. The first-order valence-corrected chi connectivity index (χ1v) is 16.4. The summed E-state index contributed by atoms with van der Waals surface area (Å²) in [5.74, 6) is 0.299. The van der Waals surface area contributed by atoms with Crippen LogP contribution < -0.4 is 0 Å². The Bertz CT molecular complexity index is 3870. The zero-order chi connectivity index (χ0) is 44.6. The second kappa shape index (κ2) is 11.2. The van der Waals surface area contributed by atoms with E-state index in [1.165, 1.54) is 6.07 Å². The van der Waals surface area contributed by atoms with Crippen LogP contribution in [0.3, 0.4) is 0 Å². The molecule has 0 N–H and O–H groups in total. The number of hydrogen-bond acceptors (Lipinski definition) is 5. The molecule has 3 aromatic heterocycles. The largest absolute Gasteiger partial charge is 0.456 e. The van der Waals surface area contributed by atoms with Gasteiger partial charge in [-0.2, -0.15) is 0 Å². The molecule has 11 aromatic rings. The highest BCUT2D eigenvalue weighted by Gasteiger charge is 2.19. The van der Waals surface area contributed by atoms with Crippen molar-refractivity contribution in [2.45, 2.75) is 0 Å². The Morgan fingerprint density at radius 3 is 2.04 bits per heavy atom. The number of hydrogen-bond donors (Lipinski definition) is 0. The van der Waals surface area contributed by atoms with Crippen molar-refractivity contribution in [1.82, 2.24) is 15.0 Å². The molecule has 242 valence electrons. The summed E-state index contributed by atoms with van der Waals surface area (Å²) in [7, 11) is 0. The molecule has 0 unspecified atom stereocenters. The molecule has 11 rings (SSSR count). The standard InChI is InChI=1S/C47H27N3O2/c1-2-11-29(12-3-1)39-27-40-36-24-22-31(26-43(36)52-44(40)37-18-7-6-16-33(37)39)46-48-45(30-21-23-35-34-17-8-9-20-41(34)51-42(35)25-30)49-47(50-46)38-19-10-14-28-13-4-5-15-32(28)38/h1-27H/i1D,2D,3D,6D,7D,11D,12D,16D,18D,22D,24D,26D. The van der Waals surface area contributed by atoms with Crippen LogP contribution in [0.4, 0.5) is 0 Å². The second-order valence-corrected chi connectivity index (χ2v) is 12.2. The lowest BCUT2D eigenvalue weighted by Crippen LogP contribution is -2.00. The molecule has 0 radical (unpaired) electrons. The highest BCUT2D eigenvalue weighted by molar-refractivity contribution is 6.19. The Labute approximate surface area is 314 Å². The topological polar surface area (TPSA) is 65.0 Å². The van der Waals surface area contributed by atoms with Gasteiger partial charge >= 0.3 is 0 Å². The van der Waals surface area contributed by atoms with Gasteiger partial charge in [0.15, 0.2) is 17.5 Å². The maximum atomic E-state index is 9.65. The number of para-hydroxylation sites is 1. The average Bonchev–Trinajstić information content (AvgIpc) is 3.89. The van der Waals surface area contributed by atoms with E-state index in [1.807, 2.05) is 84.9 Å². The quantitative estimate of drug-likeness (QED) is 0.185. The van der Waals surface area contributed by atoms with E-state index in [0.29, 0.717) is 22.3 Å². The van der Waals surface area contributed by atoms with E-state index in [4.69, 9.17) is 36.1 Å². The zero-order valence-electron chi connectivity index (χ0n) is 38.8. The van der Waals surface area contributed by atoms with E-state index < -0.39 is 72.5 Å². The van der Waals surface area contributed by atoms with Crippen LogP contribution in [0.25, 0.3) is 111 Å². The minimum absolute atomic E-state index is 0.0276. The molecule has 0 amide bonds. The molecule has 8 aromatic carbocycles. The SMILES string of the molecule is [2H]c1c([2H])c([2H])c(-c2cc3c(oc4c([2H])c(-c5nc(-c6ccc7c(c6)oc6ccccc67)nc(-c6cccc7ccccc67)n5)c([2H])c([2H])c43)c3c([2H])c([2H])c([2H])c([2H])c23)c([2H])c1[2H]. The number of nitrogens with zero attached hydrogens (tertiary/aromatic N) is 3. The van der Waals surface area contributed by atoms with E-state index in [9.17, 15) is 4.11 Å². The van der Waals surface area contributed by atoms with Crippen molar-refractivity contribution in [2.24, 2.45) is 0 Å². The second-order valence-electron chi connectivity index (χ2n) is 12.2. The molecule has 0 aliphatic rings. The summed E-state index contributed by atoms with van der Waals surface area (Å²) in [5, 5.41) is 3.12. The molecule has 0 fully saturated rings. The smallest absolute Gasteiger partial charge is 0.164 e. The summed E-state index contributed by atoms with van der Waals surface area (Å²) in [6.45, 7) is 0. The summed E-state index contributed by atoms with van der Waals surface area (Å²) in [6.07, 6.45) is 0. The minimum atomic E-state index is -0.660. The molecule has 0 aliphatic heterocycles. The Balaban J connectivity index is 1.22. The molecule has 0 atom stereocenters. The lowest BCUT2D eigenvalue weighted by Gasteiger charge is -2.10. The molecule has 0 saturated carbocycles. The lowest BCUT2D eigenvalue weighted by atomic mass is 9.95. The van der Waals surface area contributed by atoms with Gasteiger partial charge in [0.1, 0.15) is 22.3 Å². The van der Waals surface area contributed by atoms with Crippen LogP contribution in [0.15, 0.2) is 172 Å². The van der Waals surface area contributed by atoms with Gasteiger partial charge in [-0.25, -0.2) is 15.0 Å². The summed E-state index contributed by atoms with van der Waals surface area (Å²) in [4.78, 5) is 14.6. The molecule has 52 heavy (non-hydrogen) atoms. The molecular formula is C47H27N3O2. The third-order valence-corrected chi connectivity index (χ3v) is 9.26. The van der Waals surface area contributed by atoms with Crippen LogP contribution in [0.2, 0.25) is 0 Å². The fraction of sp³-hybridized carbons (Fsp3) is 0. The van der Waals surface area contributed by atoms with E-state index in [2.05, 4.69) is 0 Å². The van der Waals surface area contributed by atoms with Gasteiger partial charge in [-0.1, -0.05) is 127 Å². The maximum absolute atomic E-state index is 9.65. The van der Waals surface area contributed by atoms with Gasteiger partial charge in [-0.05, 0) is 63.6 Å². The van der Waals surface area contributed by atoms with E-state index >= 15 is 0 Å². The van der Waals surface area contributed by atoms with Crippen molar-refractivity contribution in [3.8, 4) is 45.3 Å².